The zero-order valence-corrected chi connectivity index (χ0v) is 15.5. The van der Waals surface area contributed by atoms with E-state index in [4.69, 9.17) is 26.0 Å². The standard InChI is InChI=1S/C18H13ClN4O3S/c19-13-3-7-15(8-4-13)25-10-17-22-23-18(26-17)27-11-16(24)21-14-5-1-12(9-20)2-6-14/h1-8H,10-11H2,(H,21,24). The summed E-state index contributed by atoms with van der Waals surface area (Å²) in [6, 6.07) is 15.5. The van der Waals surface area contributed by atoms with Crippen molar-refractivity contribution in [3.05, 3.63) is 65.0 Å². The van der Waals surface area contributed by atoms with E-state index >= 15 is 0 Å². The number of thioether (sulfide) groups is 1. The number of nitrogens with one attached hydrogen (secondary N) is 1. The van der Waals surface area contributed by atoms with E-state index in [0.717, 1.165) is 11.8 Å². The third-order valence-corrected chi connectivity index (χ3v) is 4.32. The number of ether oxygens (including phenoxy) is 1. The zero-order chi connectivity index (χ0) is 19.1. The first-order chi connectivity index (χ1) is 13.1. The fourth-order valence-corrected chi connectivity index (χ4v) is 2.69. The third kappa shape index (κ3) is 5.74. The van der Waals surface area contributed by atoms with Gasteiger partial charge < -0.3 is 14.5 Å². The van der Waals surface area contributed by atoms with Crippen molar-refractivity contribution < 1.29 is 13.9 Å². The molecule has 3 aromatic rings. The van der Waals surface area contributed by atoms with E-state index < -0.39 is 0 Å². The molecule has 1 N–H and O–H groups in total. The summed E-state index contributed by atoms with van der Waals surface area (Å²) in [5.74, 6) is 0.829. The SMILES string of the molecule is N#Cc1ccc(NC(=O)CSc2nnc(COc3ccc(Cl)cc3)o2)cc1. The van der Waals surface area contributed by atoms with Gasteiger partial charge in [0.15, 0.2) is 6.61 Å². The number of hydrogen-bond acceptors (Lipinski definition) is 7. The van der Waals surface area contributed by atoms with Gasteiger partial charge >= 0.3 is 0 Å². The fourth-order valence-electron chi connectivity index (χ4n) is 1.98. The lowest BCUT2D eigenvalue weighted by molar-refractivity contribution is -0.113. The molecule has 0 saturated heterocycles. The summed E-state index contributed by atoms with van der Waals surface area (Å²) in [5.41, 5.74) is 1.14. The number of benzene rings is 2. The van der Waals surface area contributed by atoms with E-state index in [2.05, 4.69) is 15.5 Å². The summed E-state index contributed by atoms with van der Waals surface area (Å²) in [4.78, 5) is 12.0. The molecule has 9 heteroatoms. The molecule has 1 heterocycles. The number of nitriles is 1. The summed E-state index contributed by atoms with van der Waals surface area (Å²) < 4.78 is 11.0. The van der Waals surface area contributed by atoms with E-state index in [0.29, 0.717) is 27.9 Å². The number of halogens is 1. The van der Waals surface area contributed by atoms with E-state index in [9.17, 15) is 4.79 Å². The molecule has 136 valence electrons. The second-order valence-electron chi connectivity index (χ2n) is 5.23. The molecule has 0 fully saturated rings. The van der Waals surface area contributed by atoms with Crippen LogP contribution < -0.4 is 10.1 Å². The Morgan fingerprint density at radius 3 is 2.63 bits per heavy atom. The summed E-state index contributed by atoms with van der Waals surface area (Å²) in [5, 5.41) is 20.1. The monoisotopic (exact) mass is 400 g/mol. The number of aromatic nitrogens is 2. The number of rotatable bonds is 7. The molecule has 0 aliphatic heterocycles. The summed E-state index contributed by atoms with van der Waals surface area (Å²) in [6.45, 7) is 0.118. The Balaban J connectivity index is 1.45. The molecule has 27 heavy (non-hydrogen) atoms. The number of anilines is 1. The van der Waals surface area contributed by atoms with Crippen LogP contribution in [0.25, 0.3) is 0 Å². The van der Waals surface area contributed by atoms with Crippen LogP contribution in [0.1, 0.15) is 11.5 Å². The lowest BCUT2D eigenvalue weighted by atomic mass is 10.2. The second kappa shape index (κ2) is 9.07. The van der Waals surface area contributed by atoms with Crippen molar-refractivity contribution in [3.8, 4) is 11.8 Å². The molecule has 0 saturated carbocycles. The Morgan fingerprint density at radius 2 is 1.93 bits per heavy atom. The van der Waals surface area contributed by atoms with E-state index in [1.54, 1.807) is 48.5 Å². The van der Waals surface area contributed by atoms with Crippen molar-refractivity contribution in [2.75, 3.05) is 11.1 Å². The quantitative estimate of drug-likeness (QED) is 0.600. The largest absolute Gasteiger partial charge is 0.484 e. The molecule has 2 aromatic carbocycles. The number of nitrogens with zero attached hydrogens (tertiary/aromatic N) is 3. The highest BCUT2D eigenvalue weighted by Gasteiger charge is 2.10. The minimum atomic E-state index is -0.220. The van der Waals surface area contributed by atoms with Crippen LogP contribution in [0, 0.1) is 11.3 Å². The molecular weight excluding hydrogens is 388 g/mol. The summed E-state index contributed by atoms with van der Waals surface area (Å²) in [6.07, 6.45) is 0. The van der Waals surface area contributed by atoms with Gasteiger partial charge in [0.05, 0.1) is 17.4 Å². The van der Waals surface area contributed by atoms with Crippen LogP contribution in [-0.2, 0) is 11.4 Å². The van der Waals surface area contributed by atoms with Crippen LogP contribution >= 0.6 is 23.4 Å². The lowest BCUT2D eigenvalue weighted by Gasteiger charge is -2.03. The molecule has 3 rings (SSSR count). The van der Waals surface area contributed by atoms with Crippen LogP contribution in [0.5, 0.6) is 5.75 Å². The van der Waals surface area contributed by atoms with E-state index in [1.807, 2.05) is 6.07 Å². The van der Waals surface area contributed by atoms with Crippen molar-refractivity contribution in [1.29, 1.82) is 5.26 Å². The molecule has 0 atom stereocenters. The third-order valence-electron chi connectivity index (χ3n) is 3.25. The van der Waals surface area contributed by atoms with Gasteiger partial charge in [0.25, 0.3) is 11.1 Å². The Kier molecular flexibility index (Phi) is 6.30. The van der Waals surface area contributed by atoms with Crippen LogP contribution in [0.2, 0.25) is 5.02 Å². The molecule has 0 radical (unpaired) electrons. The molecule has 0 aliphatic rings. The van der Waals surface area contributed by atoms with Crippen LogP contribution in [0.4, 0.5) is 5.69 Å². The molecule has 1 aromatic heterocycles. The van der Waals surface area contributed by atoms with Gasteiger partial charge in [-0.15, -0.1) is 10.2 Å². The average Bonchev–Trinajstić information content (AvgIpc) is 3.14. The van der Waals surface area contributed by atoms with Crippen molar-refractivity contribution in [2.24, 2.45) is 0 Å². The molecule has 7 nitrogen and oxygen atoms in total. The zero-order valence-electron chi connectivity index (χ0n) is 13.9. The smallest absolute Gasteiger partial charge is 0.277 e. The Morgan fingerprint density at radius 1 is 1.19 bits per heavy atom. The molecule has 0 aliphatic carbocycles. The van der Waals surface area contributed by atoms with Gasteiger partial charge in [0.2, 0.25) is 5.91 Å². The van der Waals surface area contributed by atoms with Gasteiger partial charge in [0, 0.05) is 10.7 Å². The Bertz CT molecular complexity index is 952. The lowest BCUT2D eigenvalue weighted by Crippen LogP contribution is -2.13. The van der Waals surface area contributed by atoms with Gasteiger partial charge in [-0.1, -0.05) is 23.4 Å². The second-order valence-corrected chi connectivity index (χ2v) is 6.59. The molecule has 1 amide bonds. The normalized spacial score (nSPS) is 10.2. The molecular formula is C18H13ClN4O3S. The molecule has 0 unspecified atom stereocenters. The van der Waals surface area contributed by atoms with Crippen LogP contribution in [0.3, 0.4) is 0 Å². The van der Waals surface area contributed by atoms with Gasteiger partial charge in [-0.25, -0.2) is 0 Å². The maximum absolute atomic E-state index is 12.0. The minimum absolute atomic E-state index is 0.111. The van der Waals surface area contributed by atoms with Crippen molar-refractivity contribution >= 4 is 35.0 Å². The maximum Gasteiger partial charge on any atom is 0.277 e. The van der Waals surface area contributed by atoms with Crippen LogP contribution in [-0.4, -0.2) is 21.9 Å². The van der Waals surface area contributed by atoms with Crippen molar-refractivity contribution in [1.82, 2.24) is 10.2 Å². The first kappa shape index (κ1) is 18.8. The van der Waals surface area contributed by atoms with Crippen molar-refractivity contribution in [3.63, 3.8) is 0 Å². The summed E-state index contributed by atoms with van der Waals surface area (Å²) >= 11 is 6.93. The first-order valence-corrected chi connectivity index (χ1v) is 9.12. The number of hydrogen-bond donors (Lipinski definition) is 1. The number of carbonyl (C=O) groups excluding carboxylic acids is 1. The number of carbonyl (C=O) groups is 1. The van der Waals surface area contributed by atoms with E-state index in [1.165, 1.54) is 0 Å². The van der Waals surface area contributed by atoms with Crippen molar-refractivity contribution in [2.45, 2.75) is 11.8 Å². The highest BCUT2D eigenvalue weighted by Crippen LogP contribution is 2.19. The predicted molar refractivity (Wildman–Crippen MR) is 101 cm³/mol. The topological polar surface area (TPSA) is 101 Å². The van der Waals surface area contributed by atoms with Gasteiger partial charge in [0.1, 0.15) is 5.75 Å². The molecule has 0 spiro atoms. The Labute approximate surface area is 164 Å². The van der Waals surface area contributed by atoms with Gasteiger partial charge in [-0.3, -0.25) is 4.79 Å². The van der Waals surface area contributed by atoms with Crippen LogP contribution in [0.15, 0.2) is 58.2 Å². The van der Waals surface area contributed by atoms with Gasteiger partial charge in [-0.2, -0.15) is 5.26 Å². The number of amides is 1. The average molecular weight is 401 g/mol. The van der Waals surface area contributed by atoms with E-state index in [-0.39, 0.29) is 23.5 Å². The highest BCUT2D eigenvalue weighted by atomic mass is 35.5. The minimum Gasteiger partial charge on any atom is -0.484 e. The van der Waals surface area contributed by atoms with Gasteiger partial charge in [-0.05, 0) is 48.5 Å². The predicted octanol–water partition coefficient (Wildman–Crippen LogP) is 3.90. The molecule has 0 bridgehead atoms. The fraction of sp³-hybridized carbons (Fsp3) is 0.111. The maximum atomic E-state index is 12.0. The highest BCUT2D eigenvalue weighted by molar-refractivity contribution is 7.99. The first-order valence-electron chi connectivity index (χ1n) is 7.76. The Hall–Kier alpha value is -3.02. The summed E-state index contributed by atoms with van der Waals surface area (Å²) in [7, 11) is 0.